The quantitative estimate of drug-likeness (QED) is 0.188. The molecule has 3 atom stereocenters. The third-order valence-corrected chi connectivity index (χ3v) is 10.1. The normalized spacial score (nSPS) is 21.3. The van der Waals surface area contributed by atoms with Crippen LogP contribution in [-0.4, -0.2) is 15.0 Å². The van der Waals surface area contributed by atoms with Crippen LogP contribution in [0.5, 0.6) is 0 Å². The second-order valence-electron chi connectivity index (χ2n) is 13.0. The van der Waals surface area contributed by atoms with Crippen molar-refractivity contribution in [2.45, 2.75) is 24.7 Å². The first kappa shape index (κ1) is 27.6. The Kier molecular flexibility index (Phi) is 6.46. The van der Waals surface area contributed by atoms with Gasteiger partial charge in [-0.3, -0.25) is 4.98 Å². The van der Waals surface area contributed by atoms with Gasteiger partial charge in [0.05, 0.1) is 17.1 Å². The first-order chi connectivity index (χ1) is 23.1. The van der Waals surface area contributed by atoms with Crippen molar-refractivity contribution >= 4 is 38.8 Å². The summed E-state index contributed by atoms with van der Waals surface area (Å²) in [5.74, 6) is 1.22. The van der Waals surface area contributed by atoms with Gasteiger partial charge >= 0.3 is 0 Å². The lowest BCUT2D eigenvalue weighted by Crippen LogP contribution is -2.22. The Hall–Kier alpha value is -5.67. The van der Waals surface area contributed by atoms with E-state index in [9.17, 15) is 0 Å². The van der Waals surface area contributed by atoms with E-state index in [1.807, 2.05) is 12.3 Å². The summed E-state index contributed by atoms with van der Waals surface area (Å²) < 4.78 is 0. The smallest absolute Gasteiger partial charge is 0.160 e. The summed E-state index contributed by atoms with van der Waals surface area (Å²) >= 11 is 0. The summed E-state index contributed by atoms with van der Waals surface area (Å²) in [6.07, 6.45) is 20.8. The molecule has 3 aliphatic carbocycles. The molecule has 3 nitrogen and oxygen atoms in total. The Morgan fingerprint density at radius 1 is 0.702 bits per heavy atom. The molecule has 2 aromatic heterocycles. The highest BCUT2D eigenvalue weighted by Gasteiger charge is 2.32. The maximum Gasteiger partial charge on any atom is 0.160 e. The molecule has 0 saturated heterocycles. The van der Waals surface area contributed by atoms with Crippen molar-refractivity contribution < 1.29 is 0 Å². The number of allylic oxidation sites excluding steroid dienone is 9. The molecule has 0 bridgehead atoms. The summed E-state index contributed by atoms with van der Waals surface area (Å²) in [4.78, 5) is 15.4. The van der Waals surface area contributed by atoms with E-state index in [1.54, 1.807) is 0 Å². The molecule has 3 heteroatoms. The largest absolute Gasteiger partial charge is 0.260 e. The minimum atomic E-state index is -0.179. The van der Waals surface area contributed by atoms with Crippen molar-refractivity contribution in [1.29, 1.82) is 0 Å². The molecule has 0 aliphatic heterocycles. The van der Waals surface area contributed by atoms with Crippen molar-refractivity contribution in [2.24, 2.45) is 5.92 Å². The highest BCUT2D eigenvalue weighted by molar-refractivity contribution is 6.13. The molecule has 9 rings (SSSR count). The Bertz CT molecular complexity index is 2360. The first-order valence-corrected chi connectivity index (χ1v) is 16.4. The summed E-state index contributed by atoms with van der Waals surface area (Å²) in [6.45, 7) is 2.25. The number of rotatable bonds is 4. The number of hydrogen-bond donors (Lipinski definition) is 0. The van der Waals surface area contributed by atoms with Crippen LogP contribution < -0.4 is 0 Å². The van der Waals surface area contributed by atoms with Gasteiger partial charge in [-0.2, -0.15) is 0 Å². The fourth-order valence-electron chi connectivity index (χ4n) is 7.57. The van der Waals surface area contributed by atoms with Crippen LogP contribution in [0.1, 0.15) is 47.6 Å². The second-order valence-corrected chi connectivity index (χ2v) is 13.0. The van der Waals surface area contributed by atoms with Crippen LogP contribution in [0, 0.1) is 5.92 Å². The predicted octanol–water partition coefficient (Wildman–Crippen LogP) is 10.5. The van der Waals surface area contributed by atoms with Crippen molar-refractivity contribution in [3.63, 3.8) is 0 Å². The van der Waals surface area contributed by atoms with E-state index in [4.69, 9.17) is 9.97 Å². The van der Waals surface area contributed by atoms with Gasteiger partial charge in [-0.25, -0.2) is 9.97 Å². The Labute approximate surface area is 275 Å². The average molecular weight is 604 g/mol. The third kappa shape index (κ3) is 4.70. The molecule has 6 aromatic rings. The van der Waals surface area contributed by atoms with E-state index < -0.39 is 0 Å². The Morgan fingerprint density at radius 2 is 1.45 bits per heavy atom. The highest BCUT2D eigenvalue weighted by atomic mass is 14.9. The van der Waals surface area contributed by atoms with E-state index >= 15 is 0 Å². The molecule has 224 valence electrons. The SMILES string of the molecule is CC1(c2ccccn2)C=CC(c2nc(C3=Cc4ccccc4[C@@H]4C=CC=CC34)cc(-c3cc4ccccc4c4ccccc34)n2)=CC1. The zero-order valence-electron chi connectivity index (χ0n) is 26.2. The fourth-order valence-corrected chi connectivity index (χ4v) is 7.57. The van der Waals surface area contributed by atoms with Crippen LogP contribution in [0.25, 0.3) is 50.0 Å². The molecule has 0 N–H and O–H groups in total. The molecule has 0 fully saturated rings. The summed E-state index contributed by atoms with van der Waals surface area (Å²) in [7, 11) is 0. The monoisotopic (exact) mass is 603 g/mol. The van der Waals surface area contributed by atoms with Gasteiger partial charge in [-0.15, -0.1) is 0 Å². The number of nitrogens with zero attached hydrogens (tertiary/aromatic N) is 3. The second kappa shape index (κ2) is 11.0. The van der Waals surface area contributed by atoms with Gasteiger partial charge in [0.25, 0.3) is 0 Å². The van der Waals surface area contributed by atoms with E-state index in [0.29, 0.717) is 0 Å². The van der Waals surface area contributed by atoms with E-state index in [0.717, 1.165) is 40.5 Å². The van der Waals surface area contributed by atoms with Crippen molar-refractivity contribution in [1.82, 2.24) is 15.0 Å². The summed E-state index contributed by atoms with van der Waals surface area (Å²) in [6, 6.07) is 36.7. The lowest BCUT2D eigenvalue weighted by atomic mass is 9.72. The molecule has 3 aliphatic rings. The first-order valence-electron chi connectivity index (χ1n) is 16.4. The van der Waals surface area contributed by atoms with Gasteiger partial charge < -0.3 is 0 Å². The Morgan fingerprint density at radius 3 is 2.28 bits per heavy atom. The van der Waals surface area contributed by atoms with Crippen LogP contribution in [0.4, 0.5) is 0 Å². The molecule has 0 spiro atoms. The molecule has 0 saturated carbocycles. The van der Waals surface area contributed by atoms with E-state index in [-0.39, 0.29) is 17.3 Å². The standard InChI is InChI=1S/C44H33N3/c1-44(42-20-10-11-25-45-42)23-21-29(22-24-44)43-46-40(38-26-30-12-2-4-14-32(30)34-16-6-8-18-36(34)38)28-41(47-43)39-27-31-13-3-5-15-33(31)35-17-7-9-19-37(35)39/h2-23,25-28,34,36H,24H2,1H3/t34-,36?,44?/m0/s1. The van der Waals surface area contributed by atoms with E-state index in [1.165, 1.54) is 38.2 Å². The van der Waals surface area contributed by atoms with Crippen LogP contribution in [0.2, 0.25) is 0 Å². The van der Waals surface area contributed by atoms with Crippen LogP contribution in [-0.2, 0) is 5.41 Å². The van der Waals surface area contributed by atoms with Gasteiger partial charge in [0.15, 0.2) is 5.82 Å². The molecular weight excluding hydrogens is 571 g/mol. The molecule has 4 aromatic carbocycles. The highest BCUT2D eigenvalue weighted by Crippen LogP contribution is 2.46. The average Bonchev–Trinajstić information content (AvgIpc) is 3.14. The van der Waals surface area contributed by atoms with Crippen LogP contribution in [0.3, 0.4) is 0 Å². The molecule has 0 radical (unpaired) electrons. The van der Waals surface area contributed by atoms with Crippen molar-refractivity contribution in [3.05, 3.63) is 180 Å². The number of pyridine rings is 1. The molecular formula is C44H33N3. The third-order valence-electron chi connectivity index (χ3n) is 10.1. The number of aromatic nitrogens is 3. The van der Waals surface area contributed by atoms with Gasteiger partial charge in [0.1, 0.15) is 0 Å². The van der Waals surface area contributed by atoms with Gasteiger partial charge in [0, 0.05) is 34.6 Å². The van der Waals surface area contributed by atoms with Gasteiger partial charge in [-0.1, -0.05) is 128 Å². The maximum absolute atomic E-state index is 5.36. The molecule has 0 amide bonds. The number of hydrogen-bond acceptors (Lipinski definition) is 3. The topological polar surface area (TPSA) is 38.7 Å². The Balaban J connectivity index is 1.25. The number of benzene rings is 4. The lowest BCUT2D eigenvalue weighted by molar-refractivity contribution is 0.580. The van der Waals surface area contributed by atoms with Gasteiger partial charge in [-0.05, 0) is 75.0 Å². The molecule has 2 heterocycles. The van der Waals surface area contributed by atoms with Crippen LogP contribution in [0.15, 0.2) is 152 Å². The van der Waals surface area contributed by atoms with Crippen LogP contribution >= 0.6 is 0 Å². The zero-order chi connectivity index (χ0) is 31.4. The van der Waals surface area contributed by atoms with Crippen molar-refractivity contribution in [3.8, 4) is 11.3 Å². The number of fused-ring (bicyclic) bond motifs is 6. The summed E-state index contributed by atoms with van der Waals surface area (Å²) in [5.41, 5.74) is 8.80. The van der Waals surface area contributed by atoms with Crippen molar-refractivity contribution in [2.75, 3.05) is 0 Å². The summed E-state index contributed by atoms with van der Waals surface area (Å²) in [5, 5.41) is 4.88. The molecule has 2 unspecified atom stereocenters. The zero-order valence-corrected chi connectivity index (χ0v) is 26.2. The maximum atomic E-state index is 5.36. The fraction of sp³-hybridized carbons (Fsp3) is 0.114. The molecule has 47 heavy (non-hydrogen) atoms. The van der Waals surface area contributed by atoms with Gasteiger partial charge in [0.2, 0.25) is 0 Å². The lowest BCUT2D eigenvalue weighted by Gasteiger charge is -2.32. The predicted molar refractivity (Wildman–Crippen MR) is 195 cm³/mol. The minimum Gasteiger partial charge on any atom is -0.260 e. The van der Waals surface area contributed by atoms with E-state index in [2.05, 4.69) is 158 Å². The minimum absolute atomic E-state index is 0.179.